The van der Waals surface area contributed by atoms with Gasteiger partial charge in [0, 0.05) is 58.3 Å². The number of hydrogen-bond acceptors (Lipinski definition) is 4. The summed E-state index contributed by atoms with van der Waals surface area (Å²) in [5, 5.41) is 3.05. The van der Waals surface area contributed by atoms with Gasteiger partial charge in [-0.15, -0.1) is 0 Å². The normalized spacial score (nSPS) is 28.1. The Morgan fingerprint density at radius 3 is 2.52 bits per heavy atom. The van der Waals surface area contributed by atoms with Crippen LogP contribution in [0.25, 0.3) is 0 Å². The quantitative estimate of drug-likeness (QED) is 0.814. The van der Waals surface area contributed by atoms with E-state index in [9.17, 15) is 9.59 Å². The first-order valence-corrected chi connectivity index (χ1v) is 9.57. The molecule has 0 aromatic heterocycles. The molecule has 3 saturated heterocycles. The molecular weight excluding hydrogens is 320 g/mol. The van der Waals surface area contributed by atoms with Crippen molar-refractivity contribution in [3.05, 3.63) is 0 Å². The lowest BCUT2D eigenvalue weighted by Crippen LogP contribution is -2.58. The third-order valence-corrected chi connectivity index (χ3v) is 6.21. The summed E-state index contributed by atoms with van der Waals surface area (Å²) in [6.45, 7) is 8.93. The van der Waals surface area contributed by atoms with Gasteiger partial charge < -0.3 is 19.9 Å². The molecule has 3 fully saturated rings. The lowest BCUT2D eigenvalue weighted by atomic mass is 9.87. The van der Waals surface area contributed by atoms with Gasteiger partial charge in [0.2, 0.25) is 5.91 Å². The Morgan fingerprint density at radius 2 is 1.88 bits per heavy atom. The third kappa shape index (κ3) is 4.44. The van der Waals surface area contributed by atoms with Gasteiger partial charge in [-0.2, -0.15) is 0 Å². The van der Waals surface area contributed by atoms with E-state index in [0.717, 1.165) is 65.2 Å². The lowest BCUT2D eigenvalue weighted by molar-refractivity contribution is -0.133. The fourth-order valence-corrected chi connectivity index (χ4v) is 4.13. The molecule has 0 aromatic carbocycles. The molecule has 3 heterocycles. The number of nitrogens with zero attached hydrogens (tertiary/aromatic N) is 3. The van der Waals surface area contributed by atoms with Crippen molar-refractivity contribution in [1.29, 1.82) is 0 Å². The number of amides is 3. The van der Waals surface area contributed by atoms with Crippen LogP contribution in [0.4, 0.5) is 4.79 Å². The molecule has 0 spiro atoms. The molecule has 3 aliphatic heterocycles. The Hall–Kier alpha value is -1.34. The van der Waals surface area contributed by atoms with Crippen LogP contribution < -0.4 is 5.32 Å². The highest BCUT2D eigenvalue weighted by atomic mass is 16.5. The molecule has 7 nitrogen and oxygen atoms in total. The van der Waals surface area contributed by atoms with Crippen LogP contribution in [-0.2, 0) is 9.53 Å². The molecule has 0 aliphatic carbocycles. The summed E-state index contributed by atoms with van der Waals surface area (Å²) in [7, 11) is 1.84. The number of urea groups is 1. The number of ether oxygens (including phenoxy) is 1. The topological polar surface area (TPSA) is 65.1 Å². The van der Waals surface area contributed by atoms with Gasteiger partial charge in [-0.1, -0.05) is 0 Å². The molecular formula is C18H32N4O3. The first-order chi connectivity index (χ1) is 12.0. The number of nitrogens with one attached hydrogen (secondary N) is 1. The molecule has 1 N–H and O–H groups in total. The Labute approximate surface area is 150 Å². The molecule has 0 radical (unpaired) electrons. The van der Waals surface area contributed by atoms with Crippen LogP contribution in [0.15, 0.2) is 0 Å². The number of morpholine rings is 1. The van der Waals surface area contributed by atoms with E-state index in [1.165, 1.54) is 0 Å². The molecule has 3 amide bonds. The summed E-state index contributed by atoms with van der Waals surface area (Å²) in [6, 6.07) is 0.0235. The Bertz CT molecular complexity index is 485. The van der Waals surface area contributed by atoms with Gasteiger partial charge in [0.05, 0.1) is 13.2 Å². The van der Waals surface area contributed by atoms with Gasteiger partial charge in [-0.3, -0.25) is 9.69 Å². The van der Waals surface area contributed by atoms with E-state index >= 15 is 0 Å². The summed E-state index contributed by atoms with van der Waals surface area (Å²) in [5.41, 5.74) is 0.181. The first-order valence-electron chi connectivity index (χ1n) is 9.57. The zero-order chi connectivity index (χ0) is 17.9. The average Bonchev–Trinajstić information content (AvgIpc) is 2.64. The van der Waals surface area contributed by atoms with E-state index in [1.54, 1.807) is 4.90 Å². The second kappa shape index (κ2) is 7.91. The predicted octanol–water partition coefficient (Wildman–Crippen LogP) is 0.751. The zero-order valence-electron chi connectivity index (χ0n) is 15.6. The molecule has 3 rings (SSSR count). The minimum atomic E-state index is 0.0235. The Kier molecular flexibility index (Phi) is 5.84. The van der Waals surface area contributed by atoms with Gasteiger partial charge >= 0.3 is 6.03 Å². The van der Waals surface area contributed by atoms with E-state index < -0.39 is 0 Å². The fraction of sp³-hybridized carbons (Fsp3) is 0.889. The van der Waals surface area contributed by atoms with Crippen LogP contribution in [0.3, 0.4) is 0 Å². The Morgan fingerprint density at radius 1 is 1.20 bits per heavy atom. The van der Waals surface area contributed by atoms with Gasteiger partial charge in [0.1, 0.15) is 0 Å². The van der Waals surface area contributed by atoms with E-state index in [4.69, 9.17) is 4.74 Å². The number of carbonyl (C=O) groups is 2. The molecule has 7 heteroatoms. The van der Waals surface area contributed by atoms with Gasteiger partial charge in [0.25, 0.3) is 0 Å². The highest BCUT2D eigenvalue weighted by Gasteiger charge is 2.37. The summed E-state index contributed by atoms with van der Waals surface area (Å²) < 4.78 is 5.46. The SMILES string of the molecule is CN1CCC(CNC(=O)N2CCC(C)(N3CCOCC3)CC2)CC1=O. The van der Waals surface area contributed by atoms with Crippen LogP contribution in [0.2, 0.25) is 0 Å². The summed E-state index contributed by atoms with van der Waals surface area (Å²) >= 11 is 0. The van der Waals surface area contributed by atoms with Crippen LogP contribution in [0.5, 0.6) is 0 Å². The molecule has 0 bridgehead atoms. The number of rotatable bonds is 3. The summed E-state index contributed by atoms with van der Waals surface area (Å²) in [6.07, 6.45) is 3.53. The van der Waals surface area contributed by atoms with Crippen LogP contribution in [0.1, 0.15) is 32.6 Å². The number of likely N-dealkylation sites (tertiary alicyclic amines) is 2. The number of carbonyl (C=O) groups excluding carboxylic acids is 2. The largest absolute Gasteiger partial charge is 0.379 e. The average molecular weight is 352 g/mol. The molecule has 0 aromatic rings. The van der Waals surface area contributed by atoms with E-state index in [0.29, 0.717) is 13.0 Å². The number of piperidine rings is 2. The maximum atomic E-state index is 12.5. The Balaban J connectivity index is 1.41. The van der Waals surface area contributed by atoms with Crippen LogP contribution in [0, 0.1) is 5.92 Å². The zero-order valence-corrected chi connectivity index (χ0v) is 15.6. The van der Waals surface area contributed by atoms with Crippen molar-refractivity contribution in [1.82, 2.24) is 20.0 Å². The highest BCUT2D eigenvalue weighted by Crippen LogP contribution is 2.29. The minimum Gasteiger partial charge on any atom is -0.379 e. The van der Waals surface area contributed by atoms with Gasteiger partial charge in [0.15, 0.2) is 0 Å². The maximum Gasteiger partial charge on any atom is 0.317 e. The van der Waals surface area contributed by atoms with Crippen LogP contribution in [-0.4, -0.2) is 91.7 Å². The molecule has 25 heavy (non-hydrogen) atoms. The highest BCUT2D eigenvalue weighted by molar-refractivity contribution is 5.77. The second-order valence-corrected chi connectivity index (χ2v) is 7.94. The van der Waals surface area contributed by atoms with Gasteiger partial charge in [-0.05, 0) is 32.1 Å². The molecule has 3 aliphatic rings. The first kappa shape index (κ1) is 18.5. The van der Waals surface area contributed by atoms with Crippen molar-refractivity contribution in [2.24, 2.45) is 5.92 Å². The smallest absolute Gasteiger partial charge is 0.317 e. The predicted molar refractivity (Wildman–Crippen MR) is 95.4 cm³/mol. The lowest BCUT2D eigenvalue weighted by Gasteiger charge is -2.48. The van der Waals surface area contributed by atoms with Crippen molar-refractivity contribution < 1.29 is 14.3 Å². The minimum absolute atomic E-state index is 0.0235. The third-order valence-electron chi connectivity index (χ3n) is 6.21. The molecule has 0 saturated carbocycles. The van der Waals surface area contributed by atoms with Crippen molar-refractivity contribution in [2.75, 3.05) is 59.5 Å². The van der Waals surface area contributed by atoms with E-state index in [-0.39, 0.29) is 23.4 Å². The molecule has 142 valence electrons. The molecule has 1 atom stereocenters. The monoisotopic (exact) mass is 352 g/mol. The van der Waals surface area contributed by atoms with E-state index in [2.05, 4.69) is 17.1 Å². The summed E-state index contributed by atoms with van der Waals surface area (Å²) in [5.74, 6) is 0.459. The second-order valence-electron chi connectivity index (χ2n) is 7.94. The van der Waals surface area contributed by atoms with Crippen molar-refractivity contribution >= 4 is 11.9 Å². The fourth-order valence-electron chi connectivity index (χ4n) is 4.13. The molecule has 1 unspecified atom stereocenters. The van der Waals surface area contributed by atoms with Crippen molar-refractivity contribution in [3.8, 4) is 0 Å². The van der Waals surface area contributed by atoms with Crippen molar-refractivity contribution in [2.45, 2.75) is 38.1 Å². The van der Waals surface area contributed by atoms with Crippen LogP contribution >= 0.6 is 0 Å². The van der Waals surface area contributed by atoms with E-state index in [1.807, 2.05) is 11.9 Å². The summed E-state index contributed by atoms with van der Waals surface area (Å²) in [4.78, 5) is 30.4. The van der Waals surface area contributed by atoms with Crippen molar-refractivity contribution in [3.63, 3.8) is 0 Å². The number of hydrogen-bond donors (Lipinski definition) is 1. The standard InChI is InChI=1S/C18H32N4O3/c1-18(22-9-11-25-12-10-22)4-7-21(8-5-18)17(24)19-14-15-3-6-20(2)16(23)13-15/h15H,3-14H2,1-2H3,(H,19,24). The van der Waals surface area contributed by atoms with Gasteiger partial charge in [-0.25, -0.2) is 4.79 Å². The maximum absolute atomic E-state index is 12.5.